The summed E-state index contributed by atoms with van der Waals surface area (Å²) in [5.41, 5.74) is 2.28. The molecule has 0 aliphatic carbocycles. The number of halogens is 4. The van der Waals surface area contributed by atoms with Crippen molar-refractivity contribution in [3.63, 3.8) is 0 Å². The van der Waals surface area contributed by atoms with Crippen LogP contribution in [0.25, 0.3) is 23.3 Å². The van der Waals surface area contributed by atoms with Crippen molar-refractivity contribution < 1.29 is 23.4 Å². The first-order valence-corrected chi connectivity index (χ1v) is 9.13. The third kappa shape index (κ3) is 4.88. The summed E-state index contributed by atoms with van der Waals surface area (Å²) >= 11 is 5.43. The molecule has 0 spiro atoms. The largest absolute Gasteiger partial charge is 0.416 e. The van der Waals surface area contributed by atoms with Crippen LogP contribution < -0.4 is 0 Å². The lowest BCUT2D eigenvalue weighted by atomic mass is 9.95. The summed E-state index contributed by atoms with van der Waals surface area (Å²) in [6, 6.07) is 18.0. The maximum atomic E-state index is 13.4. The summed E-state index contributed by atoms with van der Waals surface area (Å²) in [4.78, 5) is 0. The van der Waals surface area contributed by atoms with Crippen LogP contribution in [0.3, 0.4) is 0 Å². The minimum absolute atomic E-state index is 0.215. The predicted molar refractivity (Wildman–Crippen MR) is 109 cm³/mol. The Morgan fingerprint density at radius 2 is 1.48 bits per heavy atom. The lowest BCUT2D eigenvalue weighted by Gasteiger charge is -2.17. The van der Waals surface area contributed by atoms with E-state index < -0.39 is 17.0 Å². The monoisotopic (exact) mass is 418 g/mol. The molecule has 150 valence electrons. The molecule has 29 heavy (non-hydrogen) atoms. The Bertz CT molecular complexity index is 1040. The van der Waals surface area contributed by atoms with Gasteiger partial charge in [-0.2, -0.15) is 13.2 Å². The van der Waals surface area contributed by atoms with Crippen LogP contribution >= 0.6 is 11.6 Å². The van der Waals surface area contributed by atoms with Gasteiger partial charge in [-0.15, -0.1) is 0 Å². The number of benzene rings is 3. The molecule has 2 nitrogen and oxygen atoms in total. The fourth-order valence-corrected chi connectivity index (χ4v) is 3.22. The van der Waals surface area contributed by atoms with Crippen molar-refractivity contribution in [2.75, 3.05) is 0 Å². The fourth-order valence-electron chi connectivity index (χ4n) is 3.10. The molecular weight excluding hydrogens is 401 g/mol. The highest BCUT2D eigenvalue weighted by molar-refractivity contribution is 6.21. The second-order valence-electron chi connectivity index (χ2n) is 6.61. The third-order valence-corrected chi connectivity index (χ3v) is 4.85. The van der Waals surface area contributed by atoms with Gasteiger partial charge in [-0.1, -0.05) is 78.4 Å². The van der Waals surface area contributed by atoms with Crippen molar-refractivity contribution in [3.05, 3.63) is 94.5 Å². The second-order valence-corrected chi connectivity index (χ2v) is 7.13. The smallest absolute Gasteiger partial charge is 0.350 e. The lowest BCUT2D eigenvalue weighted by Crippen LogP contribution is -2.17. The van der Waals surface area contributed by atoms with Crippen LogP contribution in [0.15, 0.2) is 66.7 Å². The van der Waals surface area contributed by atoms with E-state index in [2.05, 4.69) is 0 Å². The van der Waals surface area contributed by atoms with Gasteiger partial charge < -0.3 is 10.2 Å². The van der Waals surface area contributed by atoms with Gasteiger partial charge >= 0.3 is 6.18 Å². The Morgan fingerprint density at radius 3 is 2.10 bits per heavy atom. The van der Waals surface area contributed by atoms with Crippen LogP contribution in [0.4, 0.5) is 13.2 Å². The van der Waals surface area contributed by atoms with Gasteiger partial charge in [0, 0.05) is 5.56 Å². The van der Waals surface area contributed by atoms with Crippen LogP contribution in [-0.2, 0) is 11.4 Å². The van der Waals surface area contributed by atoms with Crippen LogP contribution in [0.5, 0.6) is 0 Å². The predicted octanol–water partition coefficient (Wildman–Crippen LogP) is 6.18. The molecule has 0 aliphatic rings. The van der Waals surface area contributed by atoms with Crippen molar-refractivity contribution in [3.8, 4) is 11.1 Å². The quantitative estimate of drug-likeness (QED) is 0.301. The van der Waals surface area contributed by atoms with E-state index in [1.54, 1.807) is 12.1 Å². The summed E-state index contributed by atoms with van der Waals surface area (Å²) in [6.07, 6.45) is -1.73. The SMILES string of the molecule is Cc1c(/C=C/c2cc(C(O)(O)Cl)ccc2C(F)(F)F)cccc1-c1ccccc1. The molecule has 0 aliphatic heterocycles. The first kappa shape index (κ1) is 21.1. The van der Waals surface area contributed by atoms with E-state index in [0.29, 0.717) is 0 Å². The third-order valence-electron chi connectivity index (χ3n) is 4.63. The first-order chi connectivity index (χ1) is 13.6. The minimum Gasteiger partial charge on any atom is -0.350 e. The molecule has 0 heterocycles. The summed E-state index contributed by atoms with van der Waals surface area (Å²) in [5, 5.41) is 16.3. The number of alkyl halides is 4. The normalized spacial score (nSPS) is 12.5. The van der Waals surface area contributed by atoms with Gasteiger partial charge in [0.25, 0.3) is 5.25 Å². The van der Waals surface area contributed by atoms with E-state index >= 15 is 0 Å². The standard InChI is InChI=1S/C23H18ClF3O2/c1-15-16(8-5-9-20(15)17-6-3-2-4-7-17)10-11-18-14-19(22(24,28)29)12-13-21(18)23(25,26)27/h2-14,28-29H,1H3/b11-10+. The maximum Gasteiger partial charge on any atom is 0.416 e. The number of hydrogen-bond donors (Lipinski definition) is 2. The van der Waals surface area contributed by atoms with Crippen molar-refractivity contribution in [1.82, 2.24) is 0 Å². The Balaban J connectivity index is 2.06. The van der Waals surface area contributed by atoms with Gasteiger partial charge in [0.1, 0.15) is 0 Å². The first-order valence-electron chi connectivity index (χ1n) is 8.76. The summed E-state index contributed by atoms with van der Waals surface area (Å²) in [7, 11) is 0. The van der Waals surface area contributed by atoms with Gasteiger partial charge in [-0.25, -0.2) is 0 Å². The van der Waals surface area contributed by atoms with Crippen LogP contribution in [0.2, 0.25) is 0 Å². The summed E-state index contributed by atoms with van der Waals surface area (Å²) < 4.78 is 40.1. The molecule has 0 saturated carbocycles. The topological polar surface area (TPSA) is 40.5 Å². The minimum atomic E-state index is -4.60. The molecule has 0 fully saturated rings. The molecule has 6 heteroatoms. The van der Waals surface area contributed by atoms with E-state index in [9.17, 15) is 23.4 Å². The summed E-state index contributed by atoms with van der Waals surface area (Å²) in [6.45, 7) is 1.90. The zero-order valence-electron chi connectivity index (χ0n) is 15.4. The van der Waals surface area contributed by atoms with Crippen molar-refractivity contribution in [2.45, 2.75) is 18.3 Å². The van der Waals surface area contributed by atoms with Gasteiger partial charge in [0.05, 0.1) is 5.56 Å². The molecule has 0 bridgehead atoms. The molecule has 0 radical (unpaired) electrons. The van der Waals surface area contributed by atoms with E-state index in [4.69, 9.17) is 11.6 Å². The van der Waals surface area contributed by atoms with Crippen LogP contribution in [-0.4, -0.2) is 10.2 Å². The Morgan fingerprint density at radius 1 is 0.828 bits per heavy atom. The average Bonchev–Trinajstić information content (AvgIpc) is 2.66. The van der Waals surface area contributed by atoms with E-state index in [1.165, 1.54) is 6.08 Å². The molecule has 0 aromatic heterocycles. The van der Waals surface area contributed by atoms with Gasteiger partial charge in [-0.3, -0.25) is 0 Å². The summed E-state index contributed by atoms with van der Waals surface area (Å²) in [5.74, 6) is 0. The fraction of sp³-hybridized carbons (Fsp3) is 0.130. The number of aliphatic hydroxyl groups is 2. The highest BCUT2D eigenvalue weighted by Gasteiger charge is 2.34. The van der Waals surface area contributed by atoms with Crippen molar-refractivity contribution in [1.29, 1.82) is 0 Å². The maximum absolute atomic E-state index is 13.4. The Labute approximate surface area is 171 Å². The van der Waals surface area contributed by atoms with E-state index in [0.717, 1.165) is 40.5 Å². The number of rotatable bonds is 4. The van der Waals surface area contributed by atoms with Gasteiger partial charge in [0.2, 0.25) is 0 Å². The molecule has 0 atom stereocenters. The second kappa shape index (κ2) is 8.03. The Hall–Kier alpha value is -2.60. The molecule has 0 amide bonds. The highest BCUT2D eigenvalue weighted by Crippen LogP contribution is 2.36. The van der Waals surface area contributed by atoms with Crippen LogP contribution in [0, 0.1) is 6.92 Å². The number of hydrogen-bond acceptors (Lipinski definition) is 2. The molecular formula is C23H18ClF3O2. The van der Waals surface area contributed by atoms with Crippen LogP contribution in [0.1, 0.15) is 27.8 Å². The molecule has 3 aromatic carbocycles. The van der Waals surface area contributed by atoms with E-state index in [1.807, 2.05) is 49.4 Å². The highest BCUT2D eigenvalue weighted by atomic mass is 35.5. The molecule has 3 rings (SSSR count). The lowest BCUT2D eigenvalue weighted by molar-refractivity contribution is -0.138. The zero-order valence-corrected chi connectivity index (χ0v) is 16.2. The molecule has 2 N–H and O–H groups in total. The van der Waals surface area contributed by atoms with Gasteiger partial charge in [0.15, 0.2) is 0 Å². The average molecular weight is 419 g/mol. The van der Waals surface area contributed by atoms with E-state index in [-0.39, 0.29) is 11.1 Å². The van der Waals surface area contributed by atoms with Crippen molar-refractivity contribution in [2.24, 2.45) is 0 Å². The Kier molecular flexibility index (Phi) is 5.85. The van der Waals surface area contributed by atoms with Crippen molar-refractivity contribution >= 4 is 23.8 Å². The molecule has 3 aromatic rings. The van der Waals surface area contributed by atoms with Gasteiger partial charge in [-0.05, 0) is 46.9 Å². The molecule has 0 unspecified atom stereocenters. The molecule has 0 saturated heterocycles. The zero-order chi connectivity index (χ0) is 21.2.